The van der Waals surface area contributed by atoms with E-state index in [9.17, 15) is 9.18 Å². The van der Waals surface area contributed by atoms with Gasteiger partial charge in [-0.1, -0.05) is 0 Å². The lowest BCUT2D eigenvalue weighted by molar-refractivity contribution is -0.142. The fraction of sp³-hybridized carbons (Fsp3) is 0.333. The molecule has 0 saturated carbocycles. The van der Waals surface area contributed by atoms with Crippen molar-refractivity contribution in [2.75, 3.05) is 13.2 Å². The van der Waals surface area contributed by atoms with Crippen molar-refractivity contribution in [3.05, 3.63) is 41.2 Å². The molecule has 2 aromatic rings. The molecule has 0 bridgehead atoms. The Balaban J connectivity index is 1.81. The van der Waals surface area contributed by atoms with Gasteiger partial charge in [0.15, 0.2) is 0 Å². The zero-order valence-corrected chi connectivity index (χ0v) is 12.6. The van der Waals surface area contributed by atoms with Crippen LogP contribution in [0.3, 0.4) is 0 Å². The SMILES string of the molecule is CCOC(=O)CCNCc1csc(-c2ccc(F)cc2)n1. The first-order valence-corrected chi connectivity index (χ1v) is 7.63. The van der Waals surface area contributed by atoms with E-state index >= 15 is 0 Å². The highest BCUT2D eigenvalue weighted by Crippen LogP contribution is 2.23. The topological polar surface area (TPSA) is 51.2 Å². The molecule has 6 heteroatoms. The van der Waals surface area contributed by atoms with Gasteiger partial charge in [-0.15, -0.1) is 11.3 Å². The lowest BCUT2D eigenvalue weighted by Crippen LogP contribution is -2.19. The molecular formula is C15H17FN2O2S. The number of hydrogen-bond acceptors (Lipinski definition) is 5. The number of halogens is 1. The number of carbonyl (C=O) groups excluding carboxylic acids is 1. The monoisotopic (exact) mass is 308 g/mol. The van der Waals surface area contributed by atoms with Crippen molar-refractivity contribution < 1.29 is 13.9 Å². The van der Waals surface area contributed by atoms with Gasteiger partial charge in [-0.3, -0.25) is 4.79 Å². The molecule has 1 N–H and O–H groups in total. The minimum atomic E-state index is -0.254. The first-order chi connectivity index (χ1) is 10.2. The zero-order valence-electron chi connectivity index (χ0n) is 11.8. The molecule has 0 aliphatic heterocycles. The molecule has 1 heterocycles. The number of nitrogens with zero attached hydrogens (tertiary/aromatic N) is 1. The molecule has 0 spiro atoms. The Bertz CT molecular complexity index is 584. The molecule has 21 heavy (non-hydrogen) atoms. The zero-order chi connectivity index (χ0) is 15.1. The Morgan fingerprint density at radius 2 is 2.14 bits per heavy atom. The van der Waals surface area contributed by atoms with E-state index in [4.69, 9.17) is 4.74 Å². The predicted octanol–water partition coefficient (Wildman–Crippen LogP) is 2.99. The first-order valence-electron chi connectivity index (χ1n) is 6.75. The van der Waals surface area contributed by atoms with Crippen molar-refractivity contribution in [1.29, 1.82) is 0 Å². The highest BCUT2D eigenvalue weighted by Gasteiger charge is 2.05. The van der Waals surface area contributed by atoms with E-state index in [1.54, 1.807) is 19.1 Å². The molecule has 1 aromatic heterocycles. The maximum Gasteiger partial charge on any atom is 0.307 e. The fourth-order valence-electron chi connectivity index (χ4n) is 1.75. The molecule has 4 nitrogen and oxygen atoms in total. The summed E-state index contributed by atoms with van der Waals surface area (Å²) in [4.78, 5) is 15.6. The molecule has 0 atom stereocenters. The van der Waals surface area contributed by atoms with E-state index in [0.29, 0.717) is 26.1 Å². The van der Waals surface area contributed by atoms with Gasteiger partial charge >= 0.3 is 5.97 Å². The summed E-state index contributed by atoms with van der Waals surface area (Å²) in [6.45, 7) is 3.35. The molecule has 0 saturated heterocycles. The van der Waals surface area contributed by atoms with E-state index < -0.39 is 0 Å². The van der Waals surface area contributed by atoms with Crippen LogP contribution >= 0.6 is 11.3 Å². The molecule has 0 radical (unpaired) electrons. The Hall–Kier alpha value is -1.79. The summed E-state index contributed by atoms with van der Waals surface area (Å²) in [6.07, 6.45) is 0.350. The lowest BCUT2D eigenvalue weighted by Gasteiger charge is -2.02. The van der Waals surface area contributed by atoms with Crippen LogP contribution < -0.4 is 5.32 Å². The number of nitrogens with one attached hydrogen (secondary N) is 1. The van der Waals surface area contributed by atoms with Gasteiger partial charge in [-0.2, -0.15) is 0 Å². The number of esters is 1. The first kappa shape index (κ1) is 15.6. The van der Waals surface area contributed by atoms with Crippen LogP contribution in [-0.4, -0.2) is 24.1 Å². The van der Waals surface area contributed by atoms with Crippen molar-refractivity contribution >= 4 is 17.3 Å². The second-order valence-electron chi connectivity index (χ2n) is 4.38. The number of carbonyl (C=O) groups is 1. The van der Waals surface area contributed by atoms with E-state index in [2.05, 4.69) is 10.3 Å². The van der Waals surface area contributed by atoms with E-state index in [0.717, 1.165) is 16.3 Å². The van der Waals surface area contributed by atoms with Crippen molar-refractivity contribution in [2.24, 2.45) is 0 Å². The van der Waals surface area contributed by atoms with Gasteiger partial charge in [-0.05, 0) is 31.2 Å². The summed E-state index contributed by atoms with van der Waals surface area (Å²) >= 11 is 1.52. The van der Waals surface area contributed by atoms with Gasteiger partial charge in [0.1, 0.15) is 10.8 Å². The number of aromatic nitrogens is 1. The average molecular weight is 308 g/mol. The van der Waals surface area contributed by atoms with Gasteiger partial charge in [0.25, 0.3) is 0 Å². The fourth-order valence-corrected chi connectivity index (χ4v) is 2.58. The van der Waals surface area contributed by atoms with Crippen molar-refractivity contribution in [3.63, 3.8) is 0 Å². The van der Waals surface area contributed by atoms with Crippen molar-refractivity contribution in [1.82, 2.24) is 10.3 Å². The minimum absolute atomic E-state index is 0.199. The molecular weight excluding hydrogens is 291 g/mol. The Labute approximate surface area is 127 Å². The molecule has 112 valence electrons. The van der Waals surface area contributed by atoms with Crippen LogP contribution in [0, 0.1) is 5.82 Å². The summed E-state index contributed by atoms with van der Waals surface area (Å²) < 4.78 is 17.7. The number of ether oxygens (including phenoxy) is 1. The molecule has 2 rings (SSSR count). The van der Waals surface area contributed by atoms with Crippen LogP contribution in [0.1, 0.15) is 19.0 Å². The van der Waals surface area contributed by atoms with Gasteiger partial charge < -0.3 is 10.1 Å². The van der Waals surface area contributed by atoms with Crippen LogP contribution in [0.4, 0.5) is 4.39 Å². The summed E-state index contributed by atoms with van der Waals surface area (Å²) in [5.74, 6) is -0.452. The van der Waals surface area contributed by atoms with Gasteiger partial charge in [0.2, 0.25) is 0 Å². The van der Waals surface area contributed by atoms with Crippen molar-refractivity contribution in [3.8, 4) is 10.6 Å². The van der Waals surface area contributed by atoms with Crippen LogP contribution in [0.2, 0.25) is 0 Å². The second kappa shape index (κ2) is 7.85. The minimum Gasteiger partial charge on any atom is -0.466 e. The normalized spacial score (nSPS) is 10.6. The average Bonchev–Trinajstić information content (AvgIpc) is 2.93. The smallest absolute Gasteiger partial charge is 0.307 e. The van der Waals surface area contributed by atoms with Crippen LogP contribution in [-0.2, 0) is 16.1 Å². The Kier molecular flexibility index (Phi) is 5.83. The largest absolute Gasteiger partial charge is 0.466 e. The maximum absolute atomic E-state index is 12.9. The van der Waals surface area contributed by atoms with E-state index in [-0.39, 0.29) is 11.8 Å². The summed E-state index contributed by atoms with van der Waals surface area (Å²) in [7, 11) is 0. The summed E-state index contributed by atoms with van der Waals surface area (Å²) in [5.41, 5.74) is 1.81. The molecule has 0 aliphatic rings. The second-order valence-corrected chi connectivity index (χ2v) is 5.24. The van der Waals surface area contributed by atoms with Crippen molar-refractivity contribution in [2.45, 2.75) is 19.9 Å². The third-order valence-corrected chi connectivity index (χ3v) is 3.70. The van der Waals surface area contributed by atoms with Gasteiger partial charge in [-0.25, -0.2) is 9.37 Å². The standard InChI is InChI=1S/C15H17FN2O2S/c1-2-20-14(19)7-8-17-9-13-10-21-15(18-13)11-3-5-12(16)6-4-11/h3-6,10,17H,2,7-9H2,1H3. The third kappa shape index (κ3) is 4.91. The highest BCUT2D eigenvalue weighted by atomic mass is 32.1. The number of benzene rings is 1. The molecule has 0 aliphatic carbocycles. The summed E-state index contributed by atoms with van der Waals surface area (Å²) in [5, 5.41) is 5.96. The van der Waals surface area contributed by atoms with Gasteiger partial charge in [0, 0.05) is 24.0 Å². The number of thiazole rings is 1. The van der Waals surface area contributed by atoms with Crippen LogP contribution in [0.15, 0.2) is 29.6 Å². The van der Waals surface area contributed by atoms with E-state index in [1.807, 2.05) is 5.38 Å². The Morgan fingerprint density at radius 3 is 2.86 bits per heavy atom. The quantitative estimate of drug-likeness (QED) is 0.631. The third-order valence-electron chi connectivity index (χ3n) is 2.76. The van der Waals surface area contributed by atoms with Gasteiger partial charge in [0.05, 0.1) is 18.7 Å². The van der Waals surface area contributed by atoms with Crippen LogP contribution in [0.5, 0.6) is 0 Å². The number of hydrogen-bond donors (Lipinski definition) is 1. The molecule has 0 fully saturated rings. The highest BCUT2D eigenvalue weighted by molar-refractivity contribution is 7.13. The lowest BCUT2D eigenvalue weighted by atomic mass is 10.2. The number of rotatable bonds is 7. The Morgan fingerprint density at radius 1 is 1.38 bits per heavy atom. The maximum atomic E-state index is 12.9. The van der Waals surface area contributed by atoms with E-state index in [1.165, 1.54) is 23.5 Å². The molecule has 1 aromatic carbocycles. The molecule has 0 unspecified atom stereocenters. The molecule has 0 amide bonds. The predicted molar refractivity (Wildman–Crippen MR) is 80.5 cm³/mol. The van der Waals surface area contributed by atoms with Crippen LogP contribution in [0.25, 0.3) is 10.6 Å². The summed E-state index contributed by atoms with van der Waals surface area (Å²) in [6, 6.07) is 6.28.